The molecule has 1 rings (SSSR count). The van der Waals surface area contributed by atoms with Gasteiger partial charge in [-0.1, -0.05) is 13.8 Å². The Morgan fingerprint density at radius 3 is 2.62 bits per heavy atom. The van der Waals surface area contributed by atoms with Crippen molar-refractivity contribution >= 4 is 5.91 Å². The molecule has 13 heavy (non-hydrogen) atoms. The van der Waals surface area contributed by atoms with E-state index in [9.17, 15) is 4.79 Å². The molecule has 0 spiro atoms. The third-order valence-corrected chi connectivity index (χ3v) is 2.72. The molecular weight excluding hydrogens is 164 g/mol. The summed E-state index contributed by atoms with van der Waals surface area (Å²) in [5.41, 5.74) is 5.61. The van der Waals surface area contributed by atoms with E-state index in [2.05, 4.69) is 19.2 Å². The Morgan fingerprint density at radius 2 is 2.23 bits per heavy atom. The molecule has 1 aliphatic rings. The maximum atomic E-state index is 11.2. The maximum Gasteiger partial charge on any atom is 0.247 e. The van der Waals surface area contributed by atoms with Gasteiger partial charge in [0.2, 0.25) is 5.91 Å². The second-order valence-electron chi connectivity index (χ2n) is 3.81. The van der Waals surface area contributed by atoms with Gasteiger partial charge in [0, 0.05) is 5.57 Å². The van der Waals surface area contributed by atoms with E-state index in [1.54, 1.807) is 12.2 Å². The van der Waals surface area contributed by atoms with E-state index < -0.39 is 0 Å². The lowest BCUT2D eigenvalue weighted by molar-refractivity contribution is -0.115. The van der Waals surface area contributed by atoms with Gasteiger partial charge in [0.05, 0.1) is 5.54 Å². The van der Waals surface area contributed by atoms with E-state index in [0.29, 0.717) is 11.5 Å². The average molecular weight is 180 g/mol. The van der Waals surface area contributed by atoms with Gasteiger partial charge in [-0.15, -0.1) is 0 Å². The number of allylic oxidation sites excluding steroid dienone is 2. The fourth-order valence-corrected chi connectivity index (χ4v) is 1.43. The number of hydrogen-bond donors (Lipinski definition) is 2. The average Bonchev–Trinajstić information content (AvgIpc) is 2.04. The minimum atomic E-state index is -0.354. The molecule has 1 atom stereocenters. The SMILES string of the molecule is CC(C)C1(C)NC=CC=C1C(N)=O. The molecule has 1 heterocycles. The Kier molecular flexibility index (Phi) is 2.45. The predicted molar refractivity (Wildman–Crippen MR) is 52.8 cm³/mol. The van der Waals surface area contributed by atoms with Crippen molar-refractivity contribution in [2.45, 2.75) is 26.3 Å². The lowest BCUT2D eigenvalue weighted by Crippen LogP contribution is -2.50. The molecule has 1 amide bonds. The third-order valence-electron chi connectivity index (χ3n) is 2.72. The van der Waals surface area contributed by atoms with Crippen LogP contribution in [0, 0.1) is 5.92 Å². The number of carbonyl (C=O) groups is 1. The number of dihydropyridines is 1. The number of amides is 1. The summed E-state index contributed by atoms with van der Waals surface area (Å²) in [6.07, 6.45) is 5.41. The van der Waals surface area contributed by atoms with Gasteiger partial charge in [0.25, 0.3) is 0 Å². The van der Waals surface area contributed by atoms with E-state index in [4.69, 9.17) is 5.73 Å². The van der Waals surface area contributed by atoms with Crippen LogP contribution in [0.1, 0.15) is 20.8 Å². The Morgan fingerprint density at radius 1 is 1.62 bits per heavy atom. The fourth-order valence-electron chi connectivity index (χ4n) is 1.43. The minimum absolute atomic E-state index is 0.316. The molecule has 0 aromatic carbocycles. The van der Waals surface area contributed by atoms with Crippen LogP contribution in [0.15, 0.2) is 23.9 Å². The maximum absolute atomic E-state index is 11.2. The number of rotatable bonds is 2. The van der Waals surface area contributed by atoms with Crippen LogP contribution in [0.4, 0.5) is 0 Å². The first-order valence-electron chi connectivity index (χ1n) is 4.43. The molecule has 3 heteroatoms. The van der Waals surface area contributed by atoms with Gasteiger partial charge < -0.3 is 11.1 Å². The highest BCUT2D eigenvalue weighted by atomic mass is 16.1. The minimum Gasteiger partial charge on any atom is -0.381 e. The smallest absolute Gasteiger partial charge is 0.247 e. The number of primary amides is 1. The van der Waals surface area contributed by atoms with Crippen LogP contribution in [0.25, 0.3) is 0 Å². The quantitative estimate of drug-likeness (QED) is 0.664. The molecule has 0 aromatic rings. The zero-order valence-corrected chi connectivity index (χ0v) is 8.29. The summed E-state index contributed by atoms with van der Waals surface area (Å²) >= 11 is 0. The van der Waals surface area contributed by atoms with Crippen LogP contribution in [-0.4, -0.2) is 11.4 Å². The van der Waals surface area contributed by atoms with Gasteiger partial charge in [-0.05, 0) is 31.2 Å². The molecule has 72 valence electrons. The monoisotopic (exact) mass is 180 g/mol. The summed E-state index contributed by atoms with van der Waals surface area (Å²) < 4.78 is 0. The lowest BCUT2D eigenvalue weighted by Gasteiger charge is -2.37. The standard InChI is InChI=1S/C10H16N2O/c1-7(2)10(3)8(9(11)13)5-4-6-12-10/h4-7,12H,1-3H3,(H2,11,13). The van der Waals surface area contributed by atoms with Crippen molar-refractivity contribution in [2.75, 3.05) is 0 Å². The molecule has 1 aliphatic heterocycles. The molecule has 0 aromatic heterocycles. The summed E-state index contributed by atoms with van der Waals surface area (Å²) in [6.45, 7) is 6.10. The highest BCUT2D eigenvalue weighted by Crippen LogP contribution is 2.27. The molecule has 0 saturated heterocycles. The zero-order chi connectivity index (χ0) is 10.1. The van der Waals surface area contributed by atoms with Crippen LogP contribution in [0.2, 0.25) is 0 Å². The highest BCUT2D eigenvalue weighted by molar-refractivity contribution is 5.95. The summed E-state index contributed by atoms with van der Waals surface area (Å²) in [5, 5.41) is 3.18. The molecule has 0 radical (unpaired) electrons. The third kappa shape index (κ3) is 1.59. The van der Waals surface area contributed by atoms with Crippen molar-refractivity contribution < 1.29 is 4.79 Å². The van der Waals surface area contributed by atoms with Gasteiger partial charge in [-0.2, -0.15) is 0 Å². The molecule has 0 aliphatic carbocycles. The molecule has 0 bridgehead atoms. The largest absolute Gasteiger partial charge is 0.381 e. The summed E-state index contributed by atoms with van der Waals surface area (Å²) in [7, 11) is 0. The fraction of sp³-hybridized carbons (Fsp3) is 0.500. The van der Waals surface area contributed by atoms with Crippen molar-refractivity contribution in [3.8, 4) is 0 Å². The lowest BCUT2D eigenvalue weighted by atomic mass is 9.79. The van der Waals surface area contributed by atoms with Crippen molar-refractivity contribution in [3.63, 3.8) is 0 Å². The summed E-state index contributed by atoms with van der Waals surface area (Å²) in [4.78, 5) is 11.2. The van der Waals surface area contributed by atoms with Gasteiger partial charge in [-0.25, -0.2) is 0 Å². The van der Waals surface area contributed by atoms with Crippen molar-refractivity contribution in [1.82, 2.24) is 5.32 Å². The second-order valence-corrected chi connectivity index (χ2v) is 3.81. The van der Waals surface area contributed by atoms with E-state index in [0.717, 1.165) is 0 Å². The molecule has 0 saturated carbocycles. The first kappa shape index (κ1) is 9.84. The topological polar surface area (TPSA) is 55.1 Å². The molecule has 3 N–H and O–H groups in total. The van der Waals surface area contributed by atoms with Crippen LogP contribution >= 0.6 is 0 Å². The van der Waals surface area contributed by atoms with Gasteiger partial charge in [0.15, 0.2) is 0 Å². The number of carbonyl (C=O) groups excluding carboxylic acids is 1. The van der Waals surface area contributed by atoms with E-state index in [-0.39, 0.29) is 11.4 Å². The number of hydrogen-bond acceptors (Lipinski definition) is 2. The van der Waals surface area contributed by atoms with Gasteiger partial charge >= 0.3 is 0 Å². The van der Waals surface area contributed by atoms with Crippen LogP contribution in [-0.2, 0) is 4.79 Å². The number of nitrogens with one attached hydrogen (secondary N) is 1. The first-order valence-corrected chi connectivity index (χ1v) is 4.43. The highest BCUT2D eigenvalue weighted by Gasteiger charge is 2.35. The van der Waals surface area contributed by atoms with Crippen LogP contribution < -0.4 is 11.1 Å². The molecule has 1 unspecified atom stereocenters. The Labute approximate surface area is 78.7 Å². The Hall–Kier alpha value is -1.25. The first-order chi connectivity index (χ1) is 5.98. The zero-order valence-electron chi connectivity index (χ0n) is 8.29. The molecular formula is C10H16N2O. The van der Waals surface area contributed by atoms with E-state index >= 15 is 0 Å². The predicted octanol–water partition coefficient (Wildman–Crippen LogP) is 0.930. The number of nitrogens with two attached hydrogens (primary N) is 1. The molecule has 0 fully saturated rings. The van der Waals surface area contributed by atoms with Gasteiger partial charge in [-0.3, -0.25) is 4.79 Å². The van der Waals surface area contributed by atoms with Crippen LogP contribution in [0.3, 0.4) is 0 Å². The van der Waals surface area contributed by atoms with Gasteiger partial charge in [0.1, 0.15) is 0 Å². The van der Waals surface area contributed by atoms with Crippen molar-refractivity contribution in [2.24, 2.45) is 11.7 Å². The normalized spacial score (nSPS) is 26.9. The second kappa shape index (κ2) is 3.24. The summed E-state index contributed by atoms with van der Waals surface area (Å²) in [6, 6.07) is 0. The Bertz CT molecular complexity index is 279. The van der Waals surface area contributed by atoms with Crippen molar-refractivity contribution in [3.05, 3.63) is 23.9 Å². The Balaban J connectivity index is 3.06. The molecule has 3 nitrogen and oxygen atoms in total. The van der Waals surface area contributed by atoms with Crippen LogP contribution in [0.5, 0.6) is 0 Å². The van der Waals surface area contributed by atoms with Crippen molar-refractivity contribution in [1.29, 1.82) is 0 Å². The van der Waals surface area contributed by atoms with E-state index in [1.165, 1.54) is 0 Å². The van der Waals surface area contributed by atoms with E-state index in [1.807, 2.05) is 13.1 Å². The summed E-state index contributed by atoms with van der Waals surface area (Å²) in [5.74, 6) is -0.0377.